The molecule has 0 atom stereocenters. The van der Waals surface area contributed by atoms with Crippen molar-refractivity contribution in [1.29, 1.82) is 0 Å². The Hall–Kier alpha value is -1.69. The standard InChI is InChI=1S/C12H16FN3O2/c1-2-3-15(12-7-14-8-12)10-4-9(13)5-11(6-10)16(17)18/h4-6,12,14H,2-3,7-8H2,1H3. The highest BCUT2D eigenvalue weighted by Crippen LogP contribution is 2.26. The number of hydrogen-bond acceptors (Lipinski definition) is 4. The van der Waals surface area contributed by atoms with Crippen molar-refractivity contribution in [3.63, 3.8) is 0 Å². The van der Waals surface area contributed by atoms with Crippen LogP contribution in [-0.4, -0.2) is 30.6 Å². The first-order valence-electron chi connectivity index (χ1n) is 6.04. The third kappa shape index (κ3) is 2.59. The van der Waals surface area contributed by atoms with E-state index in [1.165, 1.54) is 12.1 Å². The van der Waals surface area contributed by atoms with Crippen LogP contribution in [0.3, 0.4) is 0 Å². The average Bonchev–Trinajstić information content (AvgIpc) is 2.25. The molecule has 1 aliphatic heterocycles. The third-order valence-electron chi connectivity index (χ3n) is 3.07. The first-order valence-corrected chi connectivity index (χ1v) is 6.04. The Morgan fingerprint density at radius 3 is 2.72 bits per heavy atom. The predicted molar refractivity (Wildman–Crippen MR) is 67.3 cm³/mol. The summed E-state index contributed by atoms with van der Waals surface area (Å²) in [5.74, 6) is -0.562. The van der Waals surface area contributed by atoms with E-state index in [1.807, 2.05) is 11.8 Å². The molecule has 0 amide bonds. The van der Waals surface area contributed by atoms with E-state index in [0.29, 0.717) is 11.7 Å². The Balaban J connectivity index is 2.30. The second-order valence-electron chi connectivity index (χ2n) is 4.43. The maximum Gasteiger partial charge on any atom is 0.274 e. The van der Waals surface area contributed by atoms with E-state index in [9.17, 15) is 14.5 Å². The van der Waals surface area contributed by atoms with E-state index < -0.39 is 10.7 Å². The van der Waals surface area contributed by atoms with Crippen LogP contribution in [0.15, 0.2) is 18.2 Å². The highest BCUT2D eigenvalue weighted by atomic mass is 19.1. The van der Waals surface area contributed by atoms with E-state index in [4.69, 9.17) is 0 Å². The highest BCUT2D eigenvalue weighted by molar-refractivity contribution is 5.55. The summed E-state index contributed by atoms with van der Waals surface area (Å²) in [5.41, 5.74) is 0.397. The summed E-state index contributed by atoms with van der Waals surface area (Å²) in [7, 11) is 0. The summed E-state index contributed by atoms with van der Waals surface area (Å²) in [6, 6.07) is 4.05. The van der Waals surface area contributed by atoms with Crippen LogP contribution in [0.2, 0.25) is 0 Å². The molecule has 0 aliphatic carbocycles. The van der Waals surface area contributed by atoms with Gasteiger partial charge in [-0.2, -0.15) is 0 Å². The fourth-order valence-corrected chi connectivity index (χ4v) is 2.09. The number of nitro groups is 1. The van der Waals surface area contributed by atoms with Crippen molar-refractivity contribution in [2.75, 3.05) is 24.5 Å². The van der Waals surface area contributed by atoms with Gasteiger partial charge in [-0.1, -0.05) is 6.92 Å². The fraction of sp³-hybridized carbons (Fsp3) is 0.500. The lowest BCUT2D eigenvalue weighted by molar-refractivity contribution is -0.385. The van der Waals surface area contributed by atoms with Crippen molar-refractivity contribution in [3.8, 4) is 0 Å². The second-order valence-corrected chi connectivity index (χ2v) is 4.43. The lowest BCUT2D eigenvalue weighted by atomic mass is 10.1. The summed E-state index contributed by atoms with van der Waals surface area (Å²) < 4.78 is 13.4. The van der Waals surface area contributed by atoms with Gasteiger partial charge in [0.1, 0.15) is 5.82 Å². The van der Waals surface area contributed by atoms with Crippen LogP contribution in [-0.2, 0) is 0 Å². The minimum atomic E-state index is -0.562. The van der Waals surface area contributed by atoms with Gasteiger partial charge >= 0.3 is 0 Å². The monoisotopic (exact) mass is 253 g/mol. The summed E-state index contributed by atoms with van der Waals surface area (Å²) >= 11 is 0. The van der Waals surface area contributed by atoms with Gasteiger partial charge in [0.25, 0.3) is 5.69 Å². The molecule has 1 fully saturated rings. The molecule has 1 saturated heterocycles. The Kier molecular flexibility index (Phi) is 3.76. The third-order valence-corrected chi connectivity index (χ3v) is 3.07. The van der Waals surface area contributed by atoms with Crippen molar-refractivity contribution in [3.05, 3.63) is 34.1 Å². The molecule has 0 unspecified atom stereocenters. The SMILES string of the molecule is CCCN(c1cc(F)cc([N+](=O)[O-])c1)C1CNC1. The van der Waals surface area contributed by atoms with E-state index in [1.54, 1.807) is 0 Å². The van der Waals surface area contributed by atoms with Gasteiger partial charge in [0.15, 0.2) is 0 Å². The summed E-state index contributed by atoms with van der Waals surface area (Å²) in [6.45, 7) is 4.48. The molecule has 0 radical (unpaired) electrons. The number of halogens is 1. The fourth-order valence-electron chi connectivity index (χ4n) is 2.09. The van der Waals surface area contributed by atoms with Crippen LogP contribution in [0, 0.1) is 15.9 Å². The van der Waals surface area contributed by atoms with E-state index in [2.05, 4.69) is 5.32 Å². The lowest BCUT2D eigenvalue weighted by Crippen LogP contribution is -2.57. The first-order chi connectivity index (χ1) is 8.61. The number of hydrogen-bond donors (Lipinski definition) is 1. The predicted octanol–water partition coefficient (Wildman–Crippen LogP) is 1.92. The number of rotatable bonds is 5. The number of anilines is 1. The maximum absolute atomic E-state index is 13.4. The van der Waals surface area contributed by atoms with Crippen molar-refractivity contribution in [1.82, 2.24) is 5.32 Å². The summed E-state index contributed by atoms with van der Waals surface area (Å²) in [4.78, 5) is 12.2. The topological polar surface area (TPSA) is 58.4 Å². The minimum Gasteiger partial charge on any atom is -0.366 e. The molecule has 5 nitrogen and oxygen atoms in total. The largest absolute Gasteiger partial charge is 0.366 e. The summed E-state index contributed by atoms with van der Waals surface area (Å²) in [6.07, 6.45) is 0.917. The normalized spacial score (nSPS) is 15.2. The van der Waals surface area contributed by atoms with E-state index >= 15 is 0 Å². The molecule has 1 heterocycles. The molecule has 0 saturated carbocycles. The molecule has 0 bridgehead atoms. The Morgan fingerprint density at radius 2 is 2.22 bits per heavy atom. The Bertz CT molecular complexity index is 449. The molecular weight excluding hydrogens is 237 g/mol. The zero-order chi connectivity index (χ0) is 13.1. The minimum absolute atomic E-state index is 0.196. The van der Waals surface area contributed by atoms with Crippen LogP contribution < -0.4 is 10.2 Å². The second kappa shape index (κ2) is 5.30. The van der Waals surface area contributed by atoms with Crippen molar-refractivity contribution in [2.24, 2.45) is 0 Å². The number of non-ortho nitro benzene ring substituents is 1. The van der Waals surface area contributed by atoms with Crippen molar-refractivity contribution >= 4 is 11.4 Å². The Labute approximate surface area is 105 Å². The van der Waals surface area contributed by atoms with Crippen LogP contribution >= 0.6 is 0 Å². The molecule has 1 aromatic rings. The zero-order valence-electron chi connectivity index (χ0n) is 10.2. The number of nitro benzene ring substituents is 1. The molecule has 1 aromatic carbocycles. The van der Waals surface area contributed by atoms with Gasteiger partial charge in [0.2, 0.25) is 0 Å². The van der Waals surface area contributed by atoms with Gasteiger partial charge in [-0.25, -0.2) is 4.39 Å². The van der Waals surface area contributed by atoms with Gasteiger partial charge in [0.05, 0.1) is 17.0 Å². The van der Waals surface area contributed by atoms with Crippen LogP contribution in [0.1, 0.15) is 13.3 Å². The molecule has 1 N–H and O–H groups in total. The molecular formula is C12H16FN3O2. The van der Waals surface area contributed by atoms with Gasteiger partial charge in [0, 0.05) is 31.4 Å². The van der Waals surface area contributed by atoms with Crippen LogP contribution in [0.4, 0.5) is 15.8 Å². The van der Waals surface area contributed by atoms with E-state index in [-0.39, 0.29) is 5.69 Å². The van der Waals surface area contributed by atoms with Crippen molar-refractivity contribution in [2.45, 2.75) is 19.4 Å². The summed E-state index contributed by atoms with van der Waals surface area (Å²) in [5, 5.41) is 13.9. The quantitative estimate of drug-likeness (QED) is 0.643. The molecule has 2 rings (SSSR count). The molecule has 6 heteroatoms. The molecule has 18 heavy (non-hydrogen) atoms. The molecule has 1 aliphatic rings. The Morgan fingerprint density at radius 1 is 1.50 bits per heavy atom. The van der Waals surface area contributed by atoms with Gasteiger partial charge < -0.3 is 10.2 Å². The molecule has 98 valence electrons. The van der Waals surface area contributed by atoms with Crippen LogP contribution in [0.5, 0.6) is 0 Å². The van der Waals surface area contributed by atoms with Crippen molar-refractivity contribution < 1.29 is 9.31 Å². The average molecular weight is 253 g/mol. The zero-order valence-corrected chi connectivity index (χ0v) is 10.2. The maximum atomic E-state index is 13.4. The number of nitrogens with zero attached hydrogens (tertiary/aromatic N) is 2. The highest BCUT2D eigenvalue weighted by Gasteiger charge is 2.25. The first kappa shape index (κ1) is 12.8. The van der Waals surface area contributed by atoms with Crippen LogP contribution in [0.25, 0.3) is 0 Å². The number of nitrogens with one attached hydrogen (secondary N) is 1. The van der Waals surface area contributed by atoms with Gasteiger partial charge in [-0.15, -0.1) is 0 Å². The molecule has 0 spiro atoms. The molecule has 0 aromatic heterocycles. The van der Waals surface area contributed by atoms with Gasteiger partial charge in [-0.05, 0) is 12.5 Å². The smallest absolute Gasteiger partial charge is 0.274 e. The van der Waals surface area contributed by atoms with Gasteiger partial charge in [-0.3, -0.25) is 10.1 Å². The number of benzene rings is 1. The lowest BCUT2D eigenvalue weighted by Gasteiger charge is -2.39. The van der Waals surface area contributed by atoms with E-state index in [0.717, 1.165) is 32.1 Å².